The van der Waals surface area contributed by atoms with Gasteiger partial charge in [-0.3, -0.25) is 0 Å². The van der Waals surface area contributed by atoms with E-state index in [1.54, 1.807) is 0 Å². The molecule has 0 radical (unpaired) electrons. The molecular formula is C18H33NO. The second kappa shape index (κ2) is 5.96. The van der Waals surface area contributed by atoms with Gasteiger partial charge in [0.25, 0.3) is 0 Å². The molecule has 1 aliphatic heterocycles. The van der Waals surface area contributed by atoms with Crippen molar-refractivity contribution >= 4 is 0 Å². The van der Waals surface area contributed by atoms with E-state index in [-0.39, 0.29) is 0 Å². The molecule has 3 aliphatic rings. The Morgan fingerprint density at radius 1 is 0.900 bits per heavy atom. The Balaban J connectivity index is 1.39. The molecule has 0 aromatic heterocycles. The van der Waals surface area contributed by atoms with Gasteiger partial charge in [-0.2, -0.15) is 0 Å². The fourth-order valence-corrected chi connectivity index (χ4v) is 4.50. The van der Waals surface area contributed by atoms with Crippen LogP contribution in [0.1, 0.15) is 84.5 Å². The third-order valence-electron chi connectivity index (χ3n) is 6.08. The Hall–Kier alpha value is -0.0800. The van der Waals surface area contributed by atoms with Gasteiger partial charge >= 0.3 is 0 Å². The van der Waals surface area contributed by atoms with Gasteiger partial charge in [-0.1, -0.05) is 33.1 Å². The van der Waals surface area contributed by atoms with E-state index >= 15 is 0 Å². The molecule has 2 saturated carbocycles. The van der Waals surface area contributed by atoms with Crippen molar-refractivity contribution in [3.8, 4) is 0 Å². The van der Waals surface area contributed by atoms with E-state index in [2.05, 4.69) is 19.2 Å². The molecule has 1 unspecified atom stereocenters. The first-order chi connectivity index (χ1) is 9.57. The molecule has 116 valence electrons. The zero-order chi connectivity index (χ0) is 14.1. The maximum absolute atomic E-state index is 6.46. The number of hydrogen-bond acceptors (Lipinski definition) is 2. The quantitative estimate of drug-likeness (QED) is 0.825. The topological polar surface area (TPSA) is 21.3 Å². The molecule has 2 aliphatic carbocycles. The molecule has 0 aromatic rings. The predicted molar refractivity (Wildman–Crippen MR) is 84.0 cm³/mol. The fourth-order valence-electron chi connectivity index (χ4n) is 4.50. The highest BCUT2D eigenvalue weighted by Crippen LogP contribution is 2.42. The largest absolute Gasteiger partial charge is 0.370 e. The lowest BCUT2D eigenvalue weighted by Gasteiger charge is -2.36. The van der Waals surface area contributed by atoms with Gasteiger partial charge in [0.15, 0.2) is 0 Å². The molecule has 0 bridgehead atoms. The van der Waals surface area contributed by atoms with Crippen molar-refractivity contribution in [1.29, 1.82) is 0 Å². The van der Waals surface area contributed by atoms with Crippen LogP contribution in [0.4, 0.5) is 0 Å². The monoisotopic (exact) mass is 279 g/mol. The van der Waals surface area contributed by atoms with Crippen molar-refractivity contribution in [2.75, 3.05) is 6.54 Å². The van der Waals surface area contributed by atoms with Gasteiger partial charge in [0, 0.05) is 12.6 Å². The van der Waals surface area contributed by atoms with Gasteiger partial charge in [0.05, 0.1) is 11.7 Å². The average Bonchev–Trinajstić information content (AvgIpc) is 2.81. The lowest BCUT2D eigenvalue weighted by molar-refractivity contribution is -0.0633. The minimum absolute atomic E-state index is 0.291. The highest BCUT2D eigenvalue weighted by Gasteiger charge is 2.40. The van der Waals surface area contributed by atoms with E-state index in [0.29, 0.717) is 17.1 Å². The summed E-state index contributed by atoms with van der Waals surface area (Å²) in [7, 11) is 0. The molecule has 2 nitrogen and oxygen atoms in total. The van der Waals surface area contributed by atoms with Gasteiger partial charge in [-0.25, -0.2) is 0 Å². The highest BCUT2D eigenvalue weighted by atomic mass is 16.5. The molecule has 1 atom stereocenters. The third kappa shape index (κ3) is 3.57. The van der Waals surface area contributed by atoms with E-state index in [0.717, 1.165) is 12.6 Å². The van der Waals surface area contributed by atoms with Gasteiger partial charge in [0.1, 0.15) is 0 Å². The number of rotatable bonds is 3. The van der Waals surface area contributed by atoms with Crippen LogP contribution in [0, 0.1) is 5.41 Å². The van der Waals surface area contributed by atoms with E-state index in [4.69, 9.17) is 4.74 Å². The van der Waals surface area contributed by atoms with Crippen LogP contribution in [0.3, 0.4) is 0 Å². The Morgan fingerprint density at radius 2 is 1.60 bits per heavy atom. The standard InChI is InChI=1S/C18H33NO/c1-17(2)11-6-15(7-12-17)19-14-16-8-13-18(20-16)9-4-3-5-10-18/h15-16,19H,3-14H2,1-2H3. The first kappa shape index (κ1) is 14.8. The van der Waals surface area contributed by atoms with E-state index in [1.165, 1.54) is 70.6 Å². The lowest BCUT2D eigenvalue weighted by Crippen LogP contribution is -2.40. The Bertz CT molecular complexity index is 309. The molecule has 1 spiro atoms. The molecule has 0 aromatic carbocycles. The summed E-state index contributed by atoms with van der Waals surface area (Å²) in [5, 5.41) is 3.80. The van der Waals surface area contributed by atoms with Crippen LogP contribution < -0.4 is 5.32 Å². The van der Waals surface area contributed by atoms with Crippen LogP contribution in [-0.4, -0.2) is 24.3 Å². The number of hydrogen-bond donors (Lipinski definition) is 1. The van der Waals surface area contributed by atoms with E-state index in [9.17, 15) is 0 Å². The van der Waals surface area contributed by atoms with Crippen molar-refractivity contribution in [3.63, 3.8) is 0 Å². The van der Waals surface area contributed by atoms with Crippen molar-refractivity contribution in [2.24, 2.45) is 5.41 Å². The average molecular weight is 279 g/mol. The van der Waals surface area contributed by atoms with Gasteiger partial charge in [-0.15, -0.1) is 0 Å². The summed E-state index contributed by atoms with van der Waals surface area (Å²) in [4.78, 5) is 0. The van der Waals surface area contributed by atoms with E-state index in [1.807, 2.05) is 0 Å². The molecule has 1 saturated heterocycles. The summed E-state index contributed by atoms with van der Waals surface area (Å²) < 4.78 is 6.46. The third-order valence-corrected chi connectivity index (χ3v) is 6.08. The summed E-state index contributed by atoms with van der Waals surface area (Å²) >= 11 is 0. The molecule has 3 fully saturated rings. The maximum Gasteiger partial charge on any atom is 0.0708 e. The smallest absolute Gasteiger partial charge is 0.0708 e. The van der Waals surface area contributed by atoms with E-state index < -0.39 is 0 Å². The predicted octanol–water partition coefficient (Wildman–Crippen LogP) is 4.43. The second-order valence-corrected chi connectivity index (χ2v) is 8.37. The Labute approximate surface area is 125 Å². The Kier molecular flexibility index (Phi) is 4.42. The van der Waals surface area contributed by atoms with Gasteiger partial charge in [-0.05, 0) is 56.8 Å². The van der Waals surface area contributed by atoms with Crippen LogP contribution >= 0.6 is 0 Å². The van der Waals surface area contributed by atoms with Crippen LogP contribution in [0.5, 0.6) is 0 Å². The summed E-state index contributed by atoms with van der Waals surface area (Å²) in [6.07, 6.45) is 15.4. The lowest BCUT2D eigenvalue weighted by atomic mass is 9.75. The zero-order valence-electron chi connectivity index (χ0n) is 13.5. The molecule has 1 N–H and O–H groups in total. The zero-order valence-corrected chi connectivity index (χ0v) is 13.5. The molecule has 0 amide bonds. The minimum atomic E-state index is 0.291. The molecule has 1 heterocycles. The number of ether oxygens (including phenoxy) is 1. The number of nitrogens with one attached hydrogen (secondary N) is 1. The summed E-state index contributed by atoms with van der Waals surface area (Å²) in [6.45, 7) is 5.92. The van der Waals surface area contributed by atoms with Crippen LogP contribution in [0.15, 0.2) is 0 Å². The fraction of sp³-hybridized carbons (Fsp3) is 1.00. The van der Waals surface area contributed by atoms with Gasteiger partial charge in [0.2, 0.25) is 0 Å². The second-order valence-electron chi connectivity index (χ2n) is 8.37. The molecule has 20 heavy (non-hydrogen) atoms. The normalized spacial score (nSPS) is 33.6. The van der Waals surface area contributed by atoms with Crippen molar-refractivity contribution in [3.05, 3.63) is 0 Å². The maximum atomic E-state index is 6.46. The van der Waals surface area contributed by atoms with Crippen LogP contribution in [-0.2, 0) is 4.74 Å². The first-order valence-corrected chi connectivity index (χ1v) is 8.98. The molecule has 3 rings (SSSR count). The minimum Gasteiger partial charge on any atom is -0.370 e. The van der Waals surface area contributed by atoms with Crippen molar-refractivity contribution in [2.45, 2.75) is 102 Å². The summed E-state index contributed by atoms with van der Waals surface area (Å²) in [6, 6.07) is 0.745. The summed E-state index contributed by atoms with van der Waals surface area (Å²) in [5.74, 6) is 0. The van der Waals surface area contributed by atoms with Crippen LogP contribution in [0.2, 0.25) is 0 Å². The molecular weight excluding hydrogens is 246 g/mol. The van der Waals surface area contributed by atoms with Crippen LogP contribution in [0.25, 0.3) is 0 Å². The summed E-state index contributed by atoms with van der Waals surface area (Å²) in [5.41, 5.74) is 0.868. The van der Waals surface area contributed by atoms with Crippen molar-refractivity contribution in [1.82, 2.24) is 5.32 Å². The SMILES string of the molecule is CC1(C)CCC(NCC2CCC3(CCCCC3)O2)CC1. The Morgan fingerprint density at radius 3 is 2.30 bits per heavy atom. The van der Waals surface area contributed by atoms with Crippen molar-refractivity contribution < 1.29 is 4.74 Å². The first-order valence-electron chi connectivity index (χ1n) is 8.98. The molecule has 2 heteroatoms. The van der Waals surface area contributed by atoms with Gasteiger partial charge < -0.3 is 10.1 Å². The highest BCUT2D eigenvalue weighted by molar-refractivity contribution is 4.92.